The molecule has 8 nitrogen and oxygen atoms in total. The standard InChI is InChI=1S/C22H19ClN4O4S/c1-26-11-16(18(29)9-21(26)30)17-8-20(24-10-15-5-6-19(23)32-15)27(25-17)22(31)14-4-2-3-13(7-14)12-28/h2-9,11,24,28-29H,10,12H2,1H3. The van der Waals surface area contributed by atoms with E-state index in [9.17, 15) is 19.8 Å². The normalized spacial score (nSPS) is 11.0. The van der Waals surface area contributed by atoms with Crippen molar-refractivity contribution in [2.45, 2.75) is 13.2 Å². The minimum absolute atomic E-state index is 0.193. The van der Waals surface area contributed by atoms with E-state index < -0.39 is 5.91 Å². The maximum Gasteiger partial charge on any atom is 0.280 e. The van der Waals surface area contributed by atoms with Gasteiger partial charge in [0.1, 0.15) is 17.3 Å². The number of nitrogens with one attached hydrogen (secondary N) is 1. The molecule has 3 N–H and O–H groups in total. The van der Waals surface area contributed by atoms with Gasteiger partial charge in [-0.05, 0) is 29.8 Å². The second kappa shape index (κ2) is 8.99. The molecular formula is C22H19ClN4O4S. The summed E-state index contributed by atoms with van der Waals surface area (Å²) in [5.41, 5.74) is 1.21. The van der Waals surface area contributed by atoms with Crippen LogP contribution in [-0.2, 0) is 20.2 Å². The first-order valence-electron chi connectivity index (χ1n) is 9.58. The molecule has 3 aromatic heterocycles. The fourth-order valence-corrected chi connectivity index (χ4v) is 4.19. The van der Waals surface area contributed by atoms with Crippen LogP contribution in [0.25, 0.3) is 11.3 Å². The van der Waals surface area contributed by atoms with Crippen molar-refractivity contribution in [1.82, 2.24) is 14.3 Å². The highest BCUT2D eigenvalue weighted by Gasteiger charge is 2.20. The highest BCUT2D eigenvalue weighted by atomic mass is 35.5. The minimum atomic E-state index is -0.414. The van der Waals surface area contributed by atoms with E-state index in [0.717, 1.165) is 10.9 Å². The first-order chi connectivity index (χ1) is 15.4. The average Bonchev–Trinajstić information content (AvgIpc) is 3.40. The van der Waals surface area contributed by atoms with Gasteiger partial charge in [0, 0.05) is 35.8 Å². The average molecular weight is 471 g/mol. The Morgan fingerprint density at radius 2 is 2.03 bits per heavy atom. The molecule has 0 saturated heterocycles. The maximum atomic E-state index is 13.2. The number of aliphatic hydroxyl groups excluding tert-OH is 1. The second-order valence-electron chi connectivity index (χ2n) is 7.07. The van der Waals surface area contributed by atoms with Crippen molar-refractivity contribution in [3.63, 3.8) is 0 Å². The summed E-state index contributed by atoms with van der Waals surface area (Å²) in [4.78, 5) is 26.0. The van der Waals surface area contributed by atoms with Gasteiger partial charge in [-0.2, -0.15) is 9.78 Å². The topological polar surface area (TPSA) is 109 Å². The molecular weight excluding hydrogens is 452 g/mol. The molecule has 4 rings (SSSR count). The molecule has 1 aromatic carbocycles. The van der Waals surface area contributed by atoms with Crippen LogP contribution < -0.4 is 10.9 Å². The number of nitrogens with zero attached hydrogens (tertiary/aromatic N) is 3. The molecule has 0 aliphatic carbocycles. The van der Waals surface area contributed by atoms with E-state index in [0.29, 0.717) is 39.1 Å². The summed E-state index contributed by atoms with van der Waals surface area (Å²) in [6.07, 6.45) is 1.46. The Morgan fingerprint density at radius 1 is 1.22 bits per heavy atom. The molecule has 4 aromatic rings. The minimum Gasteiger partial charge on any atom is -0.507 e. The Labute approximate surface area is 192 Å². The van der Waals surface area contributed by atoms with Crippen molar-refractivity contribution >= 4 is 34.7 Å². The predicted molar refractivity (Wildman–Crippen MR) is 123 cm³/mol. The lowest BCUT2D eigenvalue weighted by atomic mass is 10.1. The van der Waals surface area contributed by atoms with E-state index in [1.54, 1.807) is 43.4 Å². The van der Waals surface area contributed by atoms with Crippen LogP contribution in [0.15, 0.2) is 59.5 Å². The van der Waals surface area contributed by atoms with E-state index in [1.807, 2.05) is 6.07 Å². The molecule has 0 saturated carbocycles. The molecule has 0 bridgehead atoms. The van der Waals surface area contributed by atoms with Gasteiger partial charge in [-0.1, -0.05) is 23.7 Å². The number of thiophene rings is 1. The van der Waals surface area contributed by atoms with Gasteiger partial charge in [-0.25, -0.2) is 0 Å². The lowest BCUT2D eigenvalue weighted by molar-refractivity contribution is 0.0947. The molecule has 0 atom stereocenters. The lowest BCUT2D eigenvalue weighted by Gasteiger charge is -2.08. The van der Waals surface area contributed by atoms with Gasteiger partial charge in [0.2, 0.25) is 0 Å². The smallest absolute Gasteiger partial charge is 0.280 e. The number of aromatic hydroxyl groups is 1. The third-order valence-corrected chi connectivity index (χ3v) is 6.04. The van der Waals surface area contributed by atoms with Crippen LogP contribution in [0.1, 0.15) is 20.8 Å². The van der Waals surface area contributed by atoms with Gasteiger partial charge in [-0.15, -0.1) is 11.3 Å². The number of aliphatic hydroxyl groups is 1. The van der Waals surface area contributed by atoms with Crippen LogP contribution in [0.2, 0.25) is 4.34 Å². The number of carbonyl (C=O) groups excluding carboxylic acids is 1. The van der Waals surface area contributed by atoms with Crippen LogP contribution >= 0.6 is 22.9 Å². The highest BCUT2D eigenvalue weighted by Crippen LogP contribution is 2.30. The van der Waals surface area contributed by atoms with Crippen molar-refractivity contribution in [2.24, 2.45) is 7.05 Å². The number of anilines is 1. The van der Waals surface area contributed by atoms with E-state index in [2.05, 4.69) is 10.4 Å². The second-order valence-corrected chi connectivity index (χ2v) is 8.87. The number of hydrogen-bond donors (Lipinski definition) is 3. The van der Waals surface area contributed by atoms with Crippen LogP contribution in [0.3, 0.4) is 0 Å². The van der Waals surface area contributed by atoms with E-state index in [4.69, 9.17) is 11.6 Å². The Kier molecular flexibility index (Phi) is 6.13. The number of carbonyl (C=O) groups is 1. The largest absolute Gasteiger partial charge is 0.507 e. The molecule has 3 heterocycles. The van der Waals surface area contributed by atoms with Gasteiger partial charge < -0.3 is 20.1 Å². The lowest BCUT2D eigenvalue weighted by Crippen LogP contribution is -2.17. The van der Waals surface area contributed by atoms with Gasteiger partial charge in [0.15, 0.2) is 0 Å². The van der Waals surface area contributed by atoms with Crippen LogP contribution in [-0.4, -0.2) is 30.5 Å². The number of halogens is 1. The van der Waals surface area contributed by atoms with E-state index >= 15 is 0 Å². The van der Waals surface area contributed by atoms with Crippen molar-refractivity contribution in [3.8, 4) is 17.0 Å². The number of aromatic nitrogens is 3. The van der Waals surface area contributed by atoms with Gasteiger partial charge in [-0.3, -0.25) is 9.59 Å². The summed E-state index contributed by atoms with van der Waals surface area (Å²) in [5, 5.41) is 27.3. The molecule has 164 valence electrons. The summed E-state index contributed by atoms with van der Waals surface area (Å²) in [5.74, 6) is -0.246. The number of hydrogen-bond acceptors (Lipinski definition) is 7. The molecule has 0 unspecified atom stereocenters. The molecule has 0 amide bonds. The predicted octanol–water partition coefficient (Wildman–Crippen LogP) is 3.46. The molecule has 32 heavy (non-hydrogen) atoms. The number of aryl methyl sites for hydroxylation is 1. The number of rotatable bonds is 6. The zero-order valence-electron chi connectivity index (χ0n) is 16.9. The van der Waals surface area contributed by atoms with Crippen molar-refractivity contribution in [1.29, 1.82) is 0 Å². The third kappa shape index (κ3) is 4.45. The quantitative estimate of drug-likeness (QED) is 0.398. The number of pyridine rings is 1. The maximum absolute atomic E-state index is 13.2. The van der Waals surface area contributed by atoms with Crippen molar-refractivity contribution < 1.29 is 15.0 Å². The van der Waals surface area contributed by atoms with Gasteiger partial charge >= 0.3 is 0 Å². The van der Waals surface area contributed by atoms with Crippen LogP contribution in [0, 0.1) is 0 Å². The van der Waals surface area contributed by atoms with Crippen LogP contribution in [0.5, 0.6) is 5.75 Å². The summed E-state index contributed by atoms with van der Waals surface area (Å²) in [6, 6.07) is 13.0. The Balaban J connectivity index is 1.76. The summed E-state index contributed by atoms with van der Waals surface area (Å²) in [7, 11) is 1.56. The first-order valence-corrected chi connectivity index (χ1v) is 10.8. The molecule has 0 fully saturated rings. The Hall–Kier alpha value is -3.40. The fourth-order valence-electron chi connectivity index (χ4n) is 3.16. The van der Waals surface area contributed by atoms with Crippen molar-refractivity contribution in [3.05, 3.63) is 85.4 Å². The Morgan fingerprint density at radius 3 is 2.75 bits per heavy atom. The van der Waals surface area contributed by atoms with Crippen molar-refractivity contribution in [2.75, 3.05) is 5.32 Å². The molecule has 0 radical (unpaired) electrons. The van der Waals surface area contributed by atoms with Gasteiger partial charge in [0.25, 0.3) is 11.5 Å². The monoisotopic (exact) mass is 470 g/mol. The third-order valence-electron chi connectivity index (χ3n) is 4.81. The highest BCUT2D eigenvalue weighted by molar-refractivity contribution is 7.16. The SMILES string of the molecule is Cn1cc(-c2cc(NCc3ccc(Cl)s3)n(C(=O)c3cccc(CO)c3)n2)c(O)cc1=O. The summed E-state index contributed by atoms with van der Waals surface area (Å²) in [6.45, 7) is 0.216. The molecule has 0 spiro atoms. The van der Waals surface area contributed by atoms with Crippen LogP contribution in [0.4, 0.5) is 5.82 Å². The number of benzene rings is 1. The fraction of sp³-hybridized carbons (Fsp3) is 0.136. The molecule has 0 aliphatic heterocycles. The molecule has 10 heteroatoms. The molecule has 0 aliphatic rings. The first kappa shape index (κ1) is 21.8. The van der Waals surface area contributed by atoms with Gasteiger partial charge in [0.05, 0.1) is 23.1 Å². The zero-order chi connectivity index (χ0) is 22.8. The summed E-state index contributed by atoms with van der Waals surface area (Å²) >= 11 is 7.42. The summed E-state index contributed by atoms with van der Waals surface area (Å²) < 4.78 is 3.18. The Bertz CT molecular complexity index is 1360. The zero-order valence-corrected chi connectivity index (χ0v) is 18.5. The van der Waals surface area contributed by atoms with E-state index in [-0.39, 0.29) is 17.9 Å². The van der Waals surface area contributed by atoms with E-state index in [1.165, 1.54) is 26.8 Å².